The summed E-state index contributed by atoms with van der Waals surface area (Å²) in [6, 6.07) is 0. The van der Waals surface area contributed by atoms with E-state index in [2.05, 4.69) is 12.6 Å². The molecule has 0 spiro atoms. The maximum Gasteiger partial charge on any atom is 0.325 e. The first-order valence-electron chi connectivity index (χ1n) is 6.43. The summed E-state index contributed by atoms with van der Waals surface area (Å²) in [7, 11) is 0. The number of rotatable bonds is 9. The Morgan fingerprint density at radius 3 is 1.95 bits per heavy atom. The van der Waals surface area contributed by atoms with Crippen LogP contribution in [0.3, 0.4) is 0 Å². The number of carbonyl (C=O) groups is 3. The number of carbonyl (C=O) groups excluding carboxylic acids is 3. The topological polar surface area (TPSA) is 69.7 Å². The van der Waals surface area contributed by atoms with Gasteiger partial charge in [0.05, 0.1) is 13.2 Å². The molecule has 1 unspecified atom stereocenters. The van der Waals surface area contributed by atoms with Gasteiger partial charge in [-0.25, -0.2) is 0 Å². The van der Waals surface area contributed by atoms with Gasteiger partial charge in [-0.05, 0) is 31.9 Å². The van der Waals surface area contributed by atoms with Crippen molar-refractivity contribution in [2.75, 3.05) is 24.7 Å². The molecule has 0 aromatic rings. The third-order valence-electron chi connectivity index (χ3n) is 2.39. The van der Waals surface area contributed by atoms with E-state index in [1.165, 1.54) is 6.92 Å². The fourth-order valence-corrected chi connectivity index (χ4v) is 2.56. The molecule has 0 aromatic heterocycles. The van der Waals surface area contributed by atoms with Crippen molar-refractivity contribution in [2.45, 2.75) is 27.2 Å². The van der Waals surface area contributed by atoms with Gasteiger partial charge < -0.3 is 9.47 Å². The highest BCUT2D eigenvalue weighted by Crippen LogP contribution is 2.25. The number of thioether (sulfide) groups is 1. The average Bonchev–Trinajstić information content (AvgIpc) is 2.37. The van der Waals surface area contributed by atoms with Gasteiger partial charge in [0.1, 0.15) is 0 Å². The molecular weight excluding hydrogens is 300 g/mol. The molecular formula is C13H21O5S2. The van der Waals surface area contributed by atoms with Gasteiger partial charge in [0.25, 0.3) is 0 Å². The zero-order valence-corrected chi connectivity index (χ0v) is 13.7. The summed E-state index contributed by atoms with van der Waals surface area (Å²) < 4.78 is 9.79. The number of esters is 2. The Labute approximate surface area is 129 Å². The van der Waals surface area contributed by atoms with Crippen molar-refractivity contribution in [3.63, 3.8) is 0 Å². The van der Waals surface area contributed by atoms with Gasteiger partial charge in [-0.15, -0.1) is 0 Å². The highest BCUT2D eigenvalue weighted by Gasteiger charge is 2.37. The molecule has 7 heteroatoms. The molecule has 0 N–H and O–H groups in total. The molecule has 0 heterocycles. The predicted molar refractivity (Wildman–Crippen MR) is 81.6 cm³/mol. The van der Waals surface area contributed by atoms with E-state index in [-0.39, 0.29) is 30.2 Å². The molecule has 1 atom stereocenters. The van der Waals surface area contributed by atoms with E-state index < -0.39 is 11.9 Å². The fourth-order valence-electron chi connectivity index (χ4n) is 1.51. The smallest absolute Gasteiger partial charge is 0.325 e. The Bertz CT molecular complexity index is 315. The monoisotopic (exact) mass is 321 g/mol. The minimum absolute atomic E-state index is 0.00302. The van der Waals surface area contributed by atoms with Crippen molar-refractivity contribution in [3.05, 3.63) is 5.92 Å². The Balaban J connectivity index is 4.79. The SMILES string of the molecule is CCOC(=O)[C](C(=O)OCC)C(CS)CCSC(C)=O. The first-order valence-corrected chi connectivity index (χ1v) is 8.04. The van der Waals surface area contributed by atoms with E-state index in [4.69, 9.17) is 9.47 Å². The fraction of sp³-hybridized carbons (Fsp3) is 0.692. The molecule has 0 rings (SSSR count). The molecule has 0 amide bonds. The lowest BCUT2D eigenvalue weighted by molar-refractivity contribution is -0.152. The van der Waals surface area contributed by atoms with E-state index in [0.717, 1.165) is 11.8 Å². The third-order valence-corrected chi connectivity index (χ3v) is 3.68. The van der Waals surface area contributed by atoms with Gasteiger partial charge in [-0.1, -0.05) is 11.8 Å². The Morgan fingerprint density at radius 1 is 1.10 bits per heavy atom. The van der Waals surface area contributed by atoms with Gasteiger partial charge >= 0.3 is 11.9 Å². The number of hydrogen-bond acceptors (Lipinski definition) is 7. The molecule has 20 heavy (non-hydrogen) atoms. The molecule has 0 aliphatic rings. The van der Waals surface area contributed by atoms with Crippen LogP contribution in [0.15, 0.2) is 0 Å². The van der Waals surface area contributed by atoms with Crippen LogP contribution in [-0.4, -0.2) is 41.8 Å². The van der Waals surface area contributed by atoms with Crippen LogP contribution in [0.25, 0.3) is 0 Å². The van der Waals surface area contributed by atoms with Crippen molar-refractivity contribution in [3.8, 4) is 0 Å². The van der Waals surface area contributed by atoms with Gasteiger partial charge in [-0.2, -0.15) is 12.6 Å². The predicted octanol–water partition coefficient (Wildman–Crippen LogP) is 1.90. The standard InChI is InChI=1S/C13H21O5S2/c1-4-17-12(15)11(13(16)18-5-2)10(8-19)6-7-20-9(3)14/h10,19H,4-8H2,1-3H3. The molecule has 0 fully saturated rings. The van der Waals surface area contributed by atoms with E-state index in [1.807, 2.05) is 0 Å². The number of thiol groups is 1. The third kappa shape index (κ3) is 7.19. The molecule has 0 saturated heterocycles. The summed E-state index contributed by atoms with van der Waals surface area (Å²) in [6.45, 7) is 5.18. The van der Waals surface area contributed by atoms with E-state index in [9.17, 15) is 14.4 Å². The molecule has 0 aliphatic carbocycles. The second kappa shape index (κ2) is 11.0. The number of hydrogen-bond donors (Lipinski definition) is 1. The molecule has 1 radical (unpaired) electrons. The lowest BCUT2D eigenvalue weighted by atomic mass is 9.91. The zero-order chi connectivity index (χ0) is 15.5. The summed E-state index contributed by atoms with van der Waals surface area (Å²) >= 11 is 5.33. The largest absolute Gasteiger partial charge is 0.465 e. The Morgan fingerprint density at radius 2 is 1.60 bits per heavy atom. The highest BCUT2D eigenvalue weighted by atomic mass is 32.2. The van der Waals surface area contributed by atoms with Crippen LogP contribution in [0.1, 0.15) is 27.2 Å². The van der Waals surface area contributed by atoms with Gasteiger partial charge in [0.15, 0.2) is 11.0 Å². The van der Waals surface area contributed by atoms with Crippen molar-refractivity contribution in [2.24, 2.45) is 5.92 Å². The van der Waals surface area contributed by atoms with E-state index in [0.29, 0.717) is 17.9 Å². The summed E-state index contributed by atoms with van der Waals surface area (Å²) in [5.41, 5.74) is 0. The number of ether oxygens (including phenoxy) is 2. The highest BCUT2D eigenvalue weighted by molar-refractivity contribution is 8.13. The van der Waals surface area contributed by atoms with Gasteiger partial charge in [0.2, 0.25) is 0 Å². The maximum absolute atomic E-state index is 11.9. The first kappa shape index (κ1) is 19.3. The second-order valence-corrected chi connectivity index (χ2v) is 5.50. The minimum atomic E-state index is -0.669. The normalized spacial score (nSPS) is 12.1. The van der Waals surface area contributed by atoms with Crippen LogP contribution in [0.2, 0.25) is 0 Å². The quantitative estimate of drug-likeness (QED) is 0.397. The van der Waals surface area contributed by atoms with Crippen LogP contribution in [0.4, 0.5) is 0 Å². The average molecular weight is 321 g/mol. The van der Waals surface area contributed by atoms with Crippen molar-refractivity contribution < 1.29 is 23.9 Å². The molecule has 5 nitrogen and oxygen atoms in total. The zero-order valence-electron chi connectivity index (χ0n) is 12.0. The maximum atomic E-state index is 11.9. The van der Waals surface area contributed by atoms with Crippen LogP contribution in [-0.2, 0) is 23.9 Å². The lowest BCUT2D eigenvalue weighted by Gasteiger charge is -2.21. The van der Waals surface area contributed by atoms with Crippen LogP contribution < -0.4 is 0 Å². The van der Waals surface area contributed by atoms with Gasteiger partial charge in [0, 0.05) is 12.7 Å². The van der Waals surface area contributed by atoms with Crippen molar-refractivity contribution in [1.29, 1.82) is 0 Å². The van der Waals surface area contributed by atoms with E-state index >= 15 is 0 Å². The lowest BCUT2D eigenvalue weighted by Crippen LogP contribution is -2.33. The summed E-state index contributed by atoms with van der Waals surface area (Å²) in [6.07, 6.45) is 0.487. The molecule has 0 bridgehead atoms. The van der Waals surface area contributed by atoms with Crippen LogP contribution in [0, 0.1) is 11.8 Å². The Kier molecular flexibility index (Phi) is 10.6. The van der Waals surface area contributed by atoms with Crippen molar-refractivity contribution in [1.82, 2.24) is 0 Å². The second-order valence-electron chi connectivity index (χ2n) is 3.86. The first-order chi connectivity index (χ1) is 9.47. The van der Waals surface area contributed by atoms with Gasteiger partial charge in [-0.3, -0.25) is 14.4 Å². The van der Waals surface area contributed by atoms with Crippen LogP contribution >= 0.6 is 24.4 Å². The summed E-state index contributed by atoms with van der Waals surface area (Å²) in [4.78, 5) is 34.7. The molecule has 0 aliphatic heterocycles. The van der Waals surface area contributed by atoms with Crippen LogP contribution in [0.5, 0.6) is 0 Å². The summed E-state index contributed by atoms with van der Waals surface area (Å²) in [5, 5.41) is -0.00302. The molecule has 0 saturated carbocycles. The van der Waals surface area contributed by atoms with E-state index in [1.54, 1.807) is 13.8 Å². The Hall–Kier alpha value is -0.690. The minimum Gasteiger partial charge on any atom is -0.465 e. The van der Waals surface area contributed by atoms with Crippen molar-refractivity contribution >= 4 is 41.4 Å². The summed E-state index contributed by atoms with van der Waals surface area (Å²) in [5.74, 6) is -0.916. The molecule has 0 aromatic carbocycles. The molecule has 115 valence electrons.